The van der Waals surface area contributed by atoms with Gasteiger partial charge < -0.3 is 4.90 Å². The third-order valence-corrected chi connectivity index (χ3v) is 5.60. The summed E-state index contributed by atoms with van der Waals surface area (Å²) >= 11 is 0. The molecule has 0 heterocycles. The number of benzene rings is 2. The summed E-state index contributed by atoms with van der Waals surface area (Å²) in [5, 5.41) is 0.615. The maximum atomic E-state index is 13.7. The Kier molecular flexibility index (Phi) is 6.97. The van der Waals surface area contributed by atoms with Gasteiger partial charge in [0.25, 0.3) is 0 Å². The summed E-state index contributed by atoms with van der Waals surface area (Å²) in [6, 6.07) is 14.0. The highest BCUT2D eigenvalue weighted by molar-refractivity contribution is 5.82. The lowest BCUT2D eigenvalue weighted by Gasteiger charge is -2.24. The molecule has 156 valence electrons. The van der Waals surface area contributed by atoms with E-state index in [9.17, 15) is 4.48 Å². The maximum Gasteiger partial charge on any atom is 0.0910 e. The van der Waals surface area contributed by atoms with Gasteiger partial charge in [-0.2, -0.15) is 0 Å². The predicted molar refractivity (Wildman–Crippen MR) is 128 cm³/mol. The quantitative estimate of drug-likeness (QED) is 0.248. The predicted octanol–water partition coefficient (Wildman–Crippen LogP) is 7.20. The van der Waals surface area contributed by atoms with Crippen molar-refractivity contribution in [1.29, 1.82) is 0 Å². The Labute approximate surface area is 180 Å². The average molecular weight is 403 g/mol. The van der Waals surface area contributed by atoms with Gasteiger partial charge in [-0.15, -0.1) is 10.2 Å². The number of nitrogens with zero attached hydrogens (tertiary/aromatic N) is 2. The standard InChI is InChI=1S/C27H31FN2/c1-6-10-20-16-17-23(19-26(20)25(11-7-2)21-14-15-21)29(4)27(8-3)22-12-9-13-24(18-22)30(5)28/h7,9,11-13,16-19,21H,2-3,6,10,14-15H2,1,4-5H3/b25-11-. The number of allylic oxidation sites excluding steroid dienone is 3. The van der Waals surface area contributed by atoms with Crippen LogP contribution in [0.4, 0.5) is 15.9 Å². The fraction of sp³-hybridized carbons (Fsp3) is 0.296. The van der Waals surface area contributed by atoms with Crippen molar-refractivity contribution in [3.05, 3.63) is 90.2 Å². The molecule has 0 amide bonds. The van der Waals surface area contributed by atoms with Gasteiger partial charge >= 0.3 is 0 Å². The normalized spacial score (nSPS) is 13.5. The van der Waals surface area contributed by atoms with E-state index in [0.717, 1.165) is 29.8 Å². The highest BCUT2D eigenvalue weighted by atomic mass is 19.2. The van der Waals surface area contributed by atoms with Crippen LogP contribution >= 0.6 is 0 Å². The number of halogens is 1. The van der Waals surface area contributed by atoms with Crippen LogP contribution in [0.1, 0.15) is 42.9 Å². The minimum atomic E-state index is 0.498. The Morgan fingerprint density at radius 3 is 2.53 bits per heavy atom. The molecule has 1 aliphatic carbocycles. The molecular formula is C27H31FN2. The Balaban J connectivity index is 2.03. The minimum absolute atomic E-state index is 0.498. The van der Waals surface area contributed by atoms with Crippen molar-refractivity contribution in [3.63, 3.8) is 0 Å². The molecule has 0 bridgehead atoms. The van der Waals surface area contributed by atoms with Gasteiger partial charge in [0.05, 0.1) is 11.4 Å². The van der Waals surface area contributed by atoms with E-state index < -0.39 is 0 Å². The zero-order valence-corrected chi connectivity index (χ0v) is 18.3. The molecule has 0 aliphatic heterocycles. The molecule has 3 rings (SSSR count). The van der Waals surface area contributed by atoms with Crippen LogP contribution in [0.5, 0.6) is 0 Å². The summed E-state index contributed by atoms with van der Waals surface area (Å²) < 4.78 is 13.7. The van der Waals surface area contributed by atoms with Crippen molar-refractivity contribution >= 4 is 22.6 Å². The van der Waals surface area contributed by atoms with E-state index in [1.54, 1.807) is 6.07 Å². The first-order valence-corrected chi connectivity index (χ1v) is 10.6. The van der Waals surface area contributed by atoms with E-state index >= 15 is 0 Å². The number of hydrogen-bond donors (Lipinski definition) is 0. The van der Waals surface area contributed by atoms with E-state index in [1.807, 2.05) is 31.3 Å². The fourth-order valence-corrected chi connectivity index (χ4v) is 3.88. The lowest BCUT2D eigenvalue weighted by Crippen LogP contribution is -2.16. The number of anilines is 2. The van der Waals surface area contributed by atoms with Crippen LogP contribution in [0.15, 0.2) is 73.5 Å². The van der Waals surface area contributed by atoms with Gasteiger partial charge in [-0.1, -0.05) is 56.9 Å². The van der Waals surface area contributed by atoms with Crippen molar-refractivity contribution in [1.82, 2.24) is 0 Å². The molecule has 0 saturated heterocycles. The lowest BCUT2D eigenvalue weighted by molar-refractivity contribution is 0.476. The van der Waals surface area contributed by atoms with Gasteiger partial charge in [-0.05, 0) is 66.1 Å². The van der Waals surface area contributed by atoms with Crippen molar-refractivity contribution in [2.24, 2.45) is 5.92 Å². The largest absolute Gasteiger partial charge is 0.338 e. The molecule has 0 spiro atoms. The topological polar surface area (TPSA) is 6.48 Å². The van der Waals surface area contributed by atoms with Crippen molar-refractivity contribution in [2.45, 2.75) is 32.6 Å². The molecule has 0 N–H and O–H groups in total. The van der Waals surface area contributed by atoms with Gasteiger partial charge in [0.2, 0.25) is 0 Å². The second-order valence-electron chi connectivity index (χ2n) is 7.84. The first kappa shape index (κ1) is 21.7. The number of aryl methyl sites for hydroxylation is 1. The van der Waals surface area contributed by atoms with Crippen LogP contribution in [0.25, 0.3) is 11.3 Å². The Morgan fingerprint density at radius 1 is 1.17 bits per heavy atom. The smallest absolute Gasteiger partial charge is 0.0910 e. The van der Waals surface area contributed by atoms with Crippen LogP contribution in [-0.4, -0.2) is 14.1 Å². The summed E-state index contributed by atoms with van der Waals surface area (Å²) in [5.74, 6) is 0.630. The molecule has 2 nitrogen and oxygen atoms in total. The van der Waals surface area contributed by atoms with E-state index in [2.05, 4.69) is 55.0 Å². The highest BCUT2D eigenvalue weighted by Crippen LogP contribution is 2.44. The average Bonchev–Trinajstić information content (AvgIpc) is 3.58. The monoisotopic (exact) mass is 402 g/mol. The van der Waals surface area contributed by atoms with Crippen LogP contribution in [0.3, 0.4) is 0 Å². The van der Waals surface area contributed by atoms with Crippen molar-refractivity contribution in [3.8, 4) is 0 Å². The first-order valence-electron chi connectivity index (χ1n) is 10.6. The minimum Gasteiger partial charge on any atom is -0.338 e. The molecule has 1 fully saturated rings. The summed E-state index contributed by atoms with van der Waals surface area (Å²) in [5.41, 5.74) is 10.4. The lowest BCUT2D eigenvalue weighted by atomic mass is 9.92. The van der Waals surface area contributed by atoms with Gasteiger partial charge in [0, 0.05) is 25.3 Å². The fourth-order valence-electron chi connectivity index (χ4n) is 3.88. The third-order valence-electron chi connectivity index (χ3n) is 5.60. The molecule has 30 heavy (non-hydrogen) atoms. The molecule has 0 atom stereocenters. The van der Waals surface area contributed by atoms with E-state index in [4.69, 9.17) is 0 Å². The summed E-state index contributed by atoms with van der Waals surface area (Å²) in [7, 11) is 3.40. The summed E-state index contributed by atoms with van der Waals surface area (Å²) in [6.45, 7) is 10.0. The molecule has 3 heteroatoms. The van der Waals surface area contributed by atoms with Gasteiger partial charge in [-0.25, -0.2) is 5.12 Å². The van der Waals surface area contributed by atoms with Gasteiger partial charge in [-0.3, -0.25) is 0 Å². The molecule has 2 aromatic rings. The van der Waals surface area contributed by atoms with E-state index in [1.165, 1.54) is 36.6 Å². The SMILES string of the molecule is C=C=C(c1cccc(N(C)F)c1)N(C)c1ccc(CCC)c(/C(=C\C=C)C2CC2)c1. The van der Waals surface area contributed by atoms with Crippen LogP contribution in [0.2, 0.25) is 0 Å². The third kappa shape index (κ3) is 4.75. The van der Waals surface area contributed by atoms with Gasteiger partial charge in [0.15, 0.2) is 0 Å². The molecule has 0 unspecified atom stereocenters. The zero-order chi connectivity index (χ0) is 21.7. The second-order valence-corrected chi connectivity index (χ2v) is 7.84. The van der Waals surface area contributed by atoms with Gasteiger partial charge in [0.1, 0.15) is 0 Å². The Morgan fingerprint density at radius 2 is 1.93 bits per heavy atom. The number of hydrogen-bond acceptors (Lipinski definition) is 2. The summed E-state index contributed by atoms with van der Waals surface area (Å²) in [6.07, 6.45) is 8.71. The molecule has 2 aromatic carbocycles. The molecule has 1 aliphatic rings. The Hall–Kier alpha value is -3.03. The molecular weight excluding hydrogens is 371 g/mol. The van der Waals surface area contributed by atoms with Crippen LogP contribution in [0, 0.1) is 5.92 Å². The van der Waals surface area contributed by atoms with Crippen molar-refractivity contribution in [2.75, 3.05) is 24.1 Å². The van der Waals surface area contributed by atoms with Crippen LogP contribution in [-0.2, 0) is 6.42 Å². The molecule has 1 saturated carbocycles. The summed E-state index contributed by atoms with van der Waals surface area (Å²) in [4.78, 5) is 2.07. The zero-order valence-electron chi connectivity index (χ0n) is 18.3. The number of rotatable bonds is 9. The second kappa shape index (κ2) is 9.65. The van der Waals surface area contributed by atoms with E-state index in [-0.39, 0.29) is 0 Å². The first-order chi connectivity index (χ1) is 14.5. The van der Waals surface area contributed by atoms with Crippen LogP contribution < -0.4 is 10.0 Å². The van der Waals surface area contributed by atoms with E-state index in [0.29, 0.717) is 16.7 Å². The molecule has 0 radical (unpaired) electrons. The molecule has 0 aromatic heterocycles. The van der Waals surface area contributed by atoms with Crippen molar-refractivity contribution < 1.29 is 4.48 Å². The highest BCUT2D eigenvalue weighted by Gasteiger charge is 2.28. The maximum absolute atomic E-state index is 13.7. The Bertz CT molecular complexity index is 992.